The third-order valence-corrected chi connectivity index (χ3v) is 6.17. The van der Waals surface area contributed by atoms with Crippen LogP contribution >= 0.6 is 11.3 Å². The van der Waals surface area contributed by atoms with Crippen LogP contribution in [0.5, 0.6) is 5.75 Å². The Morgan fingerprint density at radius 2 is 1.78 bits per heavy atom. The second-order valence-electron chi connectivity index (χ2n) is 7.47. The molecule has 0 bridgehead atoms. The highest BCUT2D eigenvalue weighted by Crippen LogP contribution is 2.33. The number of aromatic nitrogens is 4. The van der Waals surface area contributed by atoms with Crippen molar-refractivity contribution in [2.75, 3.05) is 12.4 Å². The molecule has 1 amide bonds. The normalized spacial score (nSPS) is 10.4. The summed E-state index contributed by atoms with van der Waals surface area (Å²) in [6, 6.07) is 19.9. The Balaban J connectivity index is 1.47. The van der Waals surface area contributed by atoms with Gasteiger partial charge in [-0.25, -0.2) is 15.0 Å². The topological polar surface area (TPSA) is 137 Å². The molecule has 0 spiro atoms. The van der Waals surface area contributed by atoms with Gasteiger partial charge in [0.15, 0.2) is 15.6 Å². The number of carbonyl (C=O) groups excluding carboxylic acids is 1. The molecule has 0 saturated heterocycles. The molecule has 3 aromatic heterocycles. The van der Waals surface area contributed by atoms with Crippen molar-refractivity contribution in [3.05, 3.63) is 83.8 Å². The lowest BCUT2D eigenvalue weighted by Crippen LogP contribution is -2.14. The molecule has 0 aliphatic rings. The van der Waals surface area contributed by atoms with Crippen LogP contribution in [0.3, 0.4) is 0 Å². The Hall–Kier alpha value is -5.19. The molecule has 0 aliphatic heterocycles. The Labute approximate surface area is 209 Å². The average molecular weight is 490 g/mol. The van der Waals surface area contributed by atoms with Crippen LogP contribution in [-0.2, 0) is 0 Å². The van der Waals surface area contributed by atoms with Gasteiger partial charge < -0.3 is 4.74 Å². The number of methoxy groups -OCH3 is 1. The highest BCUT2D eigenvalue weighted by Gasteiger charge is 2.19. The highest BCUT2D eigenvalue weighted by molar-refractivity contribution is 7.21. The zero-order valence-corrected chi connectivity index (χ0v) is 19.6. The molecular formula is C26H15N7O2S. The van der Waals surface area contributed by atoms with Crippen LogP contribution in [0.1, 0.15) is 21.6 Å². The van der Waals surface area contributed by atoms with E-state index < -0.39 is 5.91 Å². The summed E-state index contributed by atoms with van der Waals surface area (Å²) < 4.78 is 5.45. The molecule has 172 valence electrons. The minimum absolute atomic E-state index is 0.177. The summed E-state index contributed by atoms with van der Waals surface area (Å²) in [6.45, 7) is 0. The van der Waals surface area contributed by atoms with Crippen LogP contribution in [0.15, 0.2) is 67.0 Å². The summed E-state index contributed by atoms with van der Waals surface area (Å²) in [5.74, 6) is 0.115. The van der Waals surface area contributed by atoms with Gasteiger partial charge in [-0.05, 0) is 24.3 Å². The number of carbonyl (C=O) groups is 1. The van der Waals surface area contributed by atoms with Gasteiger partial charge in [-0.1, -0.05) is 41.7 Å². The third-order valence-electron chi connectivity index (χ3n) is 5.31. The molecule has 0 saturated carbocycles. The van der Waals surface area contributed by atoms with Crippen molar-refractivity contribution < 1.29 is 9.53 Å². The molecule has 0 radical (unpaired) electrons. The Kier molecular flexibility index (Phi) is 6.02. The maximum atomic E-state index is 13.3. The van der Waals surface area contributed by atoms with E-state index in [9.17, 15) is 10.1 Å². The third kappa shape index (κ3) is 4.32. The highest BCUT2D eigenvalue weighted by atomic mass is 32.1. The first kappa shape index (κ1) is 22.6. The predicted octanol–water partition coefficient (Wildman–Crippen LogP) is 4.82. The fourth-order valence-electron chi connectivity index (χ4n) is 3.58. The molecule has 36 heavy (non-hydrogen) atoms. The lowest BCUT2D eigenvalue weighted by Gasteiger charge is -2.12. The molecule has 0 aliphatic carbocycles. The summed E-state index contributed by atoms with van der Waals surface area (Å²) in [5, 5.41) is 21.4. The number of hydrogen-bond donors (Lipinski definition) is 1. The van der Waals surface area contributed by atoms with E-state index in [2.05, 4.69) is 31.3 Å². The zero-order valence-electron chi connectivity index (χ0n) is 18.8. The number of ether oxygens (including phenoxy) is 1. The Morgan fingerprint density at radius 3 is 2.53 bits per heavy atom. The average Bonchev–Trinajstić information content (AvgIpc) is 3.34. The number of nitriles is 2. The molecule has 5 rings (SSSR count). The van der Waals surface area contributed by atoms with Gasteiger partial charge in [0.1, 0.15) is 17.5 Å². The van der Waals surface area contributed by atoms with E-state index >= 15 is 0 Å². The molecule has 9 nitrogen and oxygen atoms in total. The number of benzene rings is 2. The van der Waals surface area contributed by atoms with E-state index in [-0.39, 0.29) is 11.3 Å². The predicted molar refractivity (Wildman–Crippen MR) is 134 cm³/mol. The first-order valence-electron chi connectivity index (χ1n) is 10.6. The van der Waals surface area contributed by atoms with Crippen molar-refractivity contribution >= 4 is 32.9 Å². The number of fused-ring (bicyclic) bond motifs is 1. The molecule has 0 atom stereocenters. The van der Waals surface area contributed by atoms with Gasteiger partial charge >= 0.3 is 0 Å². The van der Waals surface area contributed by atoms with Crippen LogP contribution in [-0.4, -0.2) is 33.0 Å². The molecule has 3 heterocycles. The van der Waals surface area contributed by atoms with Crippen LogP contribution in [0.4, 0.5) is 5.13 Å². The summed E-state index contributed by atoms with van der Waals surface area (Å²) in [5.41, 5.74) is 4.00. The van der Waals surface area contributed by atoms with E-state index in [1.54, 1.807) is 42.6 Å². The minimum atomic E-state index is -0.445. The van der Waals surface area contributed by atoms with Crippen molar-refractivity contribution in [2.24, 2.45) is 0 Å². The monoisotopic (exact) mass is 489 g/mol. The number of para-hydroxylation sites is 1. The fraction of sp³-hybridized carbons (Fsp3) is 0.0385. The number of hydrogen-bond acceptors (Lipinski definition) is 9. The maximum absolute atomic E-state index is 13.3. The summed E-state index contributed by atoms with van der Waals surface area (Å²) in [4.78, 5) is 31.2. The van der Waals surface area contributed by atoms with E-state index in [4.69, 9.17) is 10.00 Å². The quantitative estimate of drug-likeness (QED) is 0.371. The molecule has 10 heteroatoms. The first-order chi connectivity index (χ1) is 17.6. The van der Waals surface area contributed by atoms with Gasteiger partial charge in [0.05, 0.1) is 36.2 Å². The van der Waals surface area contributed by atoms with Gasteiger partial charge in [-0.15, -0.1) is 0 Å². The summed E-state index contributed by atoms with van der Waals surface area (Å²) >= 11 is 1.19. The maximum Gasteiger partial charge on any atom is 0.259 e. The molecule has 0 fully saturated rings. The Bertz CT molecular complexity index is 1700. The lowest BCUT2D eigenvalue weighted by atomic mass is 9.99. The molecular weight excluding hydrogens is 474 g/mol. The molecule has 5 aromatic rings. The lowest BCUT2D eigenvalue weighted by molar-refractivity contribution is 0.102. The summed E-state index contributed by atoms with van der Waals surface area (Å²) in [7, 11) is 1.54. The van der Waals surface area contributed by atoms with Gasteiger partial charge in [-0.3, -0.25) is 10.1 Å². The van der Waals surface area contributed by atoms with Crippen molar-refractivity contribution in [1.29, 1.82) is 10.5 Å². The van der Waals surface area contributed by atoms with Gasteiger partial charge in [-0.2, -0.15) is 15.5 Å². The second-order valence-corrected chi connectivity index (χ2v) is 8.45. The van der Waals surface area contributed by atoms with E-state index in [0.29, 0.717) is 43.7 Å². The summed E-state index contributed by atoms with van der Waals surface area (Å²) in [6.07, 6.45) is 2.96. The molecule has 2 aromatic carbocycles. The number of pyridine rings is 1. The van der Waals surface area contributed by atoms with Gasteiger partial charge in [0.25, 0.3) is 5.91 Å². The number of rotatable bonds is 5. The van der Waals surface area contributed by atoms with Gasteiger partial charge in [0.2, 0.25) is 0 Å². The first-order valence-corrected chi connectivity index (χ1v) is 11.4. The smallest absolute Gasteiger partial charge is 0.259 e. The number of nitrogens with zero attached hydrogens (tertiary/aromatic N) is 6. The Morgan fingerprint density at radius 1 is 0.972 bits per heavy atom. The van der Waals surface area contributed by atoms with E-state index in [1.807, 2.05) is 24.3 Å². The number of thiazole rings is 1. The minimum Gasteiger partial charge on any atom is -0.496 e. The van der Waals surface area contributed by atoms with Crippen LogP contribution in [0, 0.1) is 22.7 Å². The van der Waals surface area contributed by atoms with Crippen molar-refractivity contribution in [3.8, 4) is 40.3 Å². The van der Waals surface area contributed by atoms with Crippen LogP contribution in [0.2, 0.25) is 0 Å². The van der Waals surface area contributed by atoms with Crippen molar-refractivity contribution in [1.82, 2.24) is 19.9 Å². The number of amides is 1. The van der Waals surface area contributed by atoms with Crippen LogP contribution in [0.25, 0.3) is 32.9 Å². The SMILES string of the molecule is COc1ccccc1-c1cc(C#N)ncc1C(=O)Nc1nc2ncc(-c3ccc(C#N)cc3)nc2s1. The zero-order chi connectivity index (χ0) is 25.1. The second kappa shape index (κ2) is 9.58. The standard InChI is InChI=1S/C26H15N7O2S/c1-35-22-5-3-2-4-18(22)19-10-17(12-28)29-13-20(19)24(34)33-26-32-23-25(36-26)31-21(14-30-23)16-8-6-15(11-27)7-9-16/h2-10,13-14H,1H3,(H,30,32,33,34). The van der Waals surface area contributed by atoms with Gasteiger partial charge in [0, 0.05) is 22.9 Å². The van der Waals surface area contributed by atoms with Crippen LogP contribution < -0.4 is 10.1 Å². The van der Waals surface area contributed by atoms with E-state index in [1.165, 1.54) is 24.6 Å². The molecule has 1 N–H and O–H groups in total. The number of nitrogens with one attached hydrogen (secondary N) is 1. The fourth-order valence-corrected chi connectivity index (χ4v) is 4.37. The number of anilines is 1. The molecule has 0 unspecified atom stereocenters. The van der Waals surface area contributed by atoms with Crippen molar-refractivity contribution in [2.45, 2.75) is 0 Å². The largest absolute Gasteiger partial charge is 0.496 e. The van der Waals surface area contributed by atoms with E-state index in [0.717, 1.165) is 5.56 Å². The van der Waals surface area contributed by atoms with Crippen molar-refractivity contribution in [3.63, 3.8) is 0 Å².